The van der Waals surface area contributed by atoms with E-state index in [0.717, 1.165) is 24.3 Å². The second-order valence-corrected chi connectivity index (χ2v) is 10.3. The largest absolute Gasteiger partial charge is 0.331 e. The topological polar surface area (TPSA) is 66.3 Å². The molecule has 4 rings (SSSR count). The van der Waals surface area contributed by atoms with Gasteiger partial charge in [0.1, 0.15) is 5.82 Å². The molecule has 0 bridgehead atoms. The number of amides is 2. The maximum absolute atomic E-state index is 13.2. The molecule has 1 N–H and O–H groups in total. The lowest BCUT2D eigenvalue weighted by Crippen LogP contribution is -2.52. The number of nitrogens with zero attached hydrogens (tertiary/aromatic N) is 5. The van der Waals surface area contributed by atoms with E-state index in [2.05, 4.69) is 37.9 Å². The van der Waals surface area contributed by atoms with Crippen molar-refractivity contribution in [1.82, 2.24) is 29.9 Å². The summed E-state index contributed by atoms with van der Waals surface area (Å²) in [7, 11) is 0. The van der Waals surface area contributed by atoms with Crippen LogP contribution in [0.1, 0.15) is 50.9 Å². The van der Waals surface area contributed by atoms with Gasteiger partial charge in [0.05, 0.1) is 12.2 Å². The number of nitrogens with one attached hydrogen (secondary N) is 1. The van der Waals surface area contributed by atoms with Gasteiger partial charge < -0.3 is 10.2 Å². The van der Waals surface area contributed by atoms with E-state index in [0.29, 0.717) is 29.8 Å². The monoisotopic (exact) mass is 498 g/mol. The smallest absolute Gasteiger partial charge is 0.317 e. The normalized spacial score (nSPS) is 15.8. The first-order chi connectivity index (χ1) is 16.6. The first kappa shape index (κ1) is 25.1. The number of hydrogen-bond donors (Lipinski definition) is 1. The lowest BCUT2D eigenvalue weighted by molar-refractivity contribution is 0.113. The summed E-state index contributed by atoms with van der Waals surface area (Å²) in [4.78, 5) is 21.8. The van der Waals surface area contributed by atoms with Gasteiger partial charge in [-0.15, -0.1) is 0 Å². The average Bonchev–Trinajstić information content (AvgIpc) is 3.28. The van der Waals surface area contributed by atoms with Crippen molar-refractivity contribution in [2.75, 3.05) is 26.2 Å². The number of hydrogen-bond acceptors (Lipinski definition) is 4. The molecule has 1 saturated heterocycles. The Morgan fingerprint density at radius 2 is 1.80 bits per heavy atom. The Bertz CT molecular complexity index is 1170. The van der Waals surface area contributed by atoms with Gasteiger partial charge in [0.25, 0.3) is 0 Å². The third kappa shape index (κ3) is 6.00. The zero-order chi connectivity index (χ0) is 25.2. The second-order valence-electron chi connectivity index (χ2n) is 9.90. The van der Waals surface area contributed by atoms with E-state index in [1.54, 1.807) is 4.68 Å². The minimum Gasteiger partial charge on any atom is -0.331 e. The zero-order valence-corrected chi connectivity index (χ0v) is 21.4. The van der Waals surface area contributed by atoms with Gasteiger partial charge in [-0.1, -0.05) is 50.6 Å². The van der Waals surface area contributed by atoms with Gasteiger partial charge >= 0.3 is 6.03 Å². The summed E-state index contributed by atoms with van der Waals surface area (Å²) < 4.78 is 15.0. The molecule has 1 atom stereocenters. The highest BCUT2D eigenvalue weighted by Gasteiger charge is 2.26. The van der Waals surface area contributed by atoms with Crippen LogP contribution in [0.5, 0.6) is 0 Å². The Morgan fingerprint density at radius 3 is 2.43 bits per heavy atom. The Balaban J connectivity index is 1.39. The fourth-order valence-electron chi connectivity index (χ4n) is 4.12. The van der Waals surface area contributed by atoms with Crippen molar-refractivity contribution in [1.29, 1.82) is 0 Å². The molecule has 35 heavy (non-hydrogen) atoms. The molecule has 1 aliphatic heterocycles. The molecule has 0 aliphatic carbocycles. The van der Waals surface area contributed by atoms with Crippen LogP contribution >= 0.6 is 11.6 Å². The molecule has 0 saturated carbocycles. The lowest BCUT2D eigenvalue weighted by atomic mass is 9.96. The van der Waals surface area contributed by atoms with Crippen LogP contribution < -0.4 is 5.32 Å². The number of carbonyl (C=O) groups excluding carboxylic acids is 1. The van der Waals surface area contributed by atoms with E-state index in [-0.39, 0.29) is 29.8 Å². The van der Waals surface area contributed by atoms with Gasteiger partial charge in [0, 0.05) is 42.7 Å². The SMILES string of the molecule is CC(c1ccc(F)cc1)N1CCN(C(=O)NCc2nc(C(C)(C)C)nn2-c2cccc(Cl)c2)CC1. The molecule has 7 nitrogen and oxygen atoms in total. The molecule has 0 spiro atoms. The van der Waals surface area contributed by atoms with Gasteiger partial charge in [-0.3, -0.25) is 4.90 Å². The molecular formula is C26H32ClFN6O. The van der Waals surface area contributed by atoms with Crippen LogP contribution in [0.15, 0.2) is 48.5 Å². The Morgan fingerprint density at radius 1 is 1.11 bits per heavy atom. The highest BCUT2D eigenvalue weighted by Crippen LogP contribution is 2.23. The Hall–Kier alpha value is -2.97. The summed E-state index contributed by atoms with van der Waals surface area (Å²) in [6.45, 7) is 11.3. The fourth-order valence-corrected chi connectivity index (χ4v) is 4.31. The van der Waals surface area contributed by atoms with E-state index in [4.69, 9.17) is 21.7 Å². The zero-order valence-electron chi connectivity index (χ0n) is 20.6. The average molecular weight is 499 g/mol. The second kappa shape index (κ2) is 10.3. The van der Waals surface area contributed by atoms with Crippen molar-refractivity contribution in [3.63, 3.8) is 0 Å². The maximum atomic E-state index is 13.2. The molecule has 1 fully saturated rings. The summed E-state index contributed by atoms with van der Waals surface area (Å²) >= 11 is 6.19. The highest BCUT2D eigenvalue weighted by atomic mass is 35.5. The molecular weight excluding hydrogens is 467 g/mol. The van der Waals surface area contributed by atoms with Gasteiger partial charge in [-0.2, -0.15) is 5.10 Å². The molecule has 1 aliphatic rings. The Labute approximate surface area is 210 Å². The van der Waals surface area contributed by atoms with Crippen LogP contribution in [0, 0.1) is 5.82 Å². The maximum Gasteiger partial charge on any atom is 0.317 e. The first-order valence-corrected chi connectivity index (χ1v) is 12.2. The van der Waals surface area contributed by atoms with Crippen molar-refractivity contribution in [3.8, 4) is 5.69 Å². The number of piperazine rings is 1. The summed E-state index contributed by atoms with van der Waals surface area (Å²) in [5.74, 6) is 1.11. The van der Waals surface area contributed by atoms with Crippen molar-refractivity contribution in [2.24, 2.45) is 0 Å². The van der Waals surface area contributed by atoms with Crippen LogP contribution in [0.3, 0.4) is 0 Å². The fraction of sp³-hybridized carbons (Fsp3) is 0.423. The van der Waals surface area contributed by atoms with Crippen LogP contribution in [-0.4, -0.2) is 56.8 Å². The van der Waals surface area contributed by atoms with Crippen molar-refractivity contribution >= 4 is 17.6 Å². The summed E-state index contributed by atoms with van der Waals surface area (Å²) in [5, 5.41) is 8.32. The van der Waals surface area contributed by atoms with Crippen LogP contribution in [0.2, 0.25) is 5.02 Å². The Kier molecular flexibility index (Phi) is 7.42. The number of aromatic nitrogens is 3. The van der Waals surface area contributed by atoms with Crippen molar-refractivity contribution < 1.29 is 9.18 Å². The molecule has 1 aromatic heterocycles. The van der Waals surface area contributed by atoms with Gasteiger partial charge in [-0.25, -0.2) is 18.9 Å². The summed E-state index contributed by atoms with van der Waals surface area (Å²) in [5.41, 5.74) is 1.63. The van der Waals surface area contributed by atoms with E-state index in [9.17, 15) is 9.18 Å². The molecule has 2 amide bonds. The quantitative estimate of drug-likeness (QED) is 0.540. The molecule has 0 radical (unpaired) electrons. The van der Waals surface area contributed by atoms with E-state index in [1.807, 2.05) is 41.3 Å². The lowest BCUT2D eigenvalue weighted by Gasteiger charge is -2.38. The molecule has 3 aromatic rings. The number of rotatable bonds is 5. The van der Waals surface area contributed by atoms with Crippen molar-refractivity contribution in [3.05, 3.63) is 76.6 Å². The highest BCUT2D eigenvalue weighted by molar-refractivity contribution is 6.30. The van der Waals surface area contributed by atoms with E-state index in [1.165, 1.54) is 12.1 Å². The van der Waals surface area contributed by atoms with E-state index >= 15 is 0 Å². The number of urea groups is 1. The first-order valence-electron chi connectivity index (χ1n) is 11.9. The standard InChI is InChI=1S/C26H32ClFN6O/c1-18(19-8-10-21(28)11-9-19)32-12-14-33(15-13-32)25(35)29-17-23-30-24(26(2,3)4)31-34(23)22-7-5-6-20(27)16-22/h5-11,16,18H,12-15,17H2,1-4H3,(H,29,35). The molecule has 186 valence electrons. The predicted molar refractivity (Wildman–Crippen MR) is 135 cm³/mol. The number of benzene rings is 2. The molecule has 9 heteroatoms. The predicted octanol–water partition coefficient (Wildman–Crippen LogP) is 4.95. The van der Waals surface area contributed by atoms with Gasteiger partial charge in [-0.05, 0) is 42.8 Å². The minimum absolute atomic E-state index is 0.128. The van der Waals surface area contributed by atoms with Crippen LogP contribution in [-0.2, 0) is 12.0 Å². The van der Waals surface area contributed by atoms with Crippen LogP contribution in [0.4, 0.5) is 9.18 Å². The third-order valence-corrected chi connectivity index (χ3v) is 6.53. The number of halogens is 2. The van der Waals surface area contributed by atoms with Gasteiger partial charge in [0.2, 0.25) is 0 Å². The van der Waals surface area contributed by atoms with Gasteiger partial charge in [0.15, 0.2) is 11.6 Å². The number of carbonyl (C=O) groups is 1. The minimum atomic E-state index is -0.236. The van der Waals surface area contributed by atoms with Crippen molar-refractivity contribution in [2.45, 2.75) is 45.7 Å². The summed E-state index contributed by atoms with van der Waals surface area (Å²) in [6.07, 6.45) is 0. The molecule has 2 heterocycles. The third-order valence-electron chi connectivity index (χ3n) is 6.30. The summed E-state index contributed by atoms with van der Waals surface area (Å²) in [6, 6.07) is 14.1. The molecule has 1 unspecified atom stereocenters. The van der Waals surface area contributed by atoms with E-state index < -0.39 is 0 Å². The molecule has 2 aromatic carbocycles. The van der Waals surface area contributed by atoms with Crippen LogP contribution in [0.25, 0.3) is 5.69 Å².